The fourth-order valence-electron chi connectivity index (χ4n) is 2.37. The molecule has 0 bridgehead atoms. The molecule has 1 aromatic rings. The lowest BCUT2D eigenvalue weighted by Crippen LogP contribution is -2.57. The van der Waals surface area contributed by atoms with Crippen molar-refractivity contribution < 1.29 is 9.53 Å². The summed E-state index contributed by atoms with van der Waals surface area (Å²) in [4.78, 5) is 14.0. The molecule has 23 heavy (non-hydrogen) atoms. The Morgan fingerprint density at radius 1 is 1.30 bits per heavy atom. The van der Waals surface area contributed by atoms with Crippen LogP contribution >= 0.6 is 0 Å². The molecule has 6 heteroatoms. The molecule has 0 saturated heterocycles. The van der Waals surface area contributed by atoms with Gasteiger partial charge in [0.25, 0.3) is 5.91 Å². The molecule has 1 heterocycles. The second-order valence-electron chi connectivity index (χ2n) is 5.37. The first-order valence-corrected chi connectivity index (χ1v) is 7.89. The molecular weight excluding hydrogens is 292 g/mol. The van der Waals surface area contributed by atoms with Gasteiger partial charge in [0.2, 0.25) is 12.1 Å². The van der Waals surface area contributed by atoms with Crippen molar-refractivity contribution in [3.05, 3.63) is 29.8 Å². The minimum atomic E-state index is -0.626. The number of amides is 1. The number of ether oxygens (including phenoxy) is 1. The van der Waals surface area contributed by atoms with Crippen molar-refractivity contribution in [2.24, 2.45) is 5.10 Å². The van der Waals surface area contributed by atoms with E-state index >= 15 is 0 Å². The Kier molecular flexibility index (Phi) is 5.72. The molecule has 1 aliphatic heterocycles. The van der Waals surface area contributed by atoms with Crippen LogP contribution < -0.4 is 5.01 Å². The van der Waals surface area contributed by atoms with E-state index in [9.17, 15) is 10.1 Å². The minimum absolute atomic E-state index is 0.113. The third-order valence-electron chi connectivity index (χ3n) is 3.62. The molecule has 122 valence electrons. The Balaban J connectivity index is 2.43. The number of carbonyl (C=O) groups excluding carboxylic acids is 1. The number of hydrazone groups is 1. The van der Waals surface area contributed by atoms with E-state index < -0.39 is 6.35 Å². The van der Waals surface area contributed by atoms with Crippen LogP contribution in [0.3, 0.4) is 0 Å². The van der Waals surface area contributed by atoms with Gasteiger partial charge >= 0.3 is 0 Å². The summed E-state index contributed by atoms with van der Waals surface area (Å²) in [6.45, 7) is 6.91. The predicted octanol–water partition coefficient (Wildman–Crippen LogP) is 2.64. The zero-order chi connectivity index (χ0) is 16.8. The van der Waals surface area contributed by atoms with Crippen LogP contribution in [0.5, 0.6) is 0 Å². The Labute approximate surface area is 136 Å². The molecule has 0 N–H and O–H groups in total. The van der Waals surface area contributed by atoms with Crippen LogP contribution in [-0.2, 0) is 9.53 Å². The van der Waals surface area contributed by atoms with Gasteiger partial charge in [0, 0.05) is 13.2 Å². The maximum absolute atomic E-state index is 12.4. The van der Waals surface area contributed by atoms with E-state index in [-0.39, 0.29) is 11.6 Å². The molecule has 0 saturated carbocycles. The number of unbranched alkanes of at least 4 members (excludes halogenated alkanes) is 1. The van der Waals surface area contributed by atoms with Crippen molar-refractivity contribution in [3.63, 3.8) is 0 Å². The lowest BCUT2D eigenvalue weighted by molar-refractivity contribution is -0.140. The summed E-state index contributed by atoms with van der Waals surface area (Å²) in [5.41, 5.74) is 1.80. The lowest BCUT2D eigenvalue weighted by atomic mass is 10.2. The largest absolute Gasteiger partial charge is 0.339 e. The van der Waals surface area contributed by atoms with Crippen LogP contribution in [0.25, 0.3) is 0 Å². The molecule has 0 radical (unpaired) electrons. The summed E-state index contributed by atoms with van der Waals surface area (Å²) in [5, 5.41) is 15.1. The average molecular weight is 314 g/mol. The highest BCUT2D eigenvalue weighted by Crippen LogP contribution is 2.25. The van der Waals surface area contributed by atoms with Crippen molar-refractivity contribution in [3.8, 4) is 6.07 Å². The van der Waals surface area contributed by atoms with Crippen LogP contribution in [0.4, 0.5) is 5.69 Å². The Hall–Kier alpha value is -2.39. The standard InChI is InChI=1S/C17H22N4O2/c1-4-6-11-20-16(22)15(12-18)19-21(17(20)23-5-2)14-9-7-13(3)8-10-14/h7-10,17H,4-6,11H2,1-3H3. The topological polar surface area (TPSA) is 68.9 Å². The number of hydrogen-bond donors (Lipinski definition) is 0. The molecule has 1 aliphatic rings. The number of carbonyl (C=O) groups is 1. The number of rotatable bonds is 6. The Morgan fingerprint density at radius 2 is 2.00 bits per heavy atom. The number of hydrogen-bond acceptors (Lipinski definition) is 5. The van der Waals surface area contributed by atoms with Gasteiger partial charge < -0.3 is 4.74 Å². The van der Waals surface area contributed by atoms with Crippen LogP contribution in [-0.4, -0.2) is 36.0 Å². The second kappa shape index (κ2) is 7.75. The van der Waals surface area contributed by atoms with Gasteiger partial charge in [-0.1, -0.05) is 31.0 Å². The van der Waals surface area contributed by atoms with E-state index in [0.717, 1.165) is 24.1 Å². The maximum atomic E-state index is 12.4. The van der Waals surface area contributed by atoms with E-state index in [1.165, 1.54) is 0 Å². The third kappa shape index (κ3) is 3.69. The first kappa shape index (κ1) is 17.0. The van der Waals surface area contributed by atoms with Gasteiger partial charge in [-0.25, -0.2) is 5.01 Å². The van der Waals surface area contributed by atoms with E-state index in [1.807, 2.05) is 44.2 Å². The zero-order valence-corrected chi connectivity index (χ0v) is 13.8. The van der Waals surface area contributed by atoms with Gasteiger partial charge in [0.05, 0.1) is 5.69 Å². The average Bonchev–Trinajstić information content (AvgIpc) is 2.56. The summed E-state index contributed by atoms with van der Waals surface area (Å²) < 4.78 is 5.77. The molecule has 1 amide bonds. The molecular formula is C17H22N4O2. The fourth-order valence-corrected chi connectivity index (χ4v) is 2.37. The van der Waals surface area contributed by atoms with Gasteiger partial charge in [-0.05, 0) is 32.4 Å². The van der Waals surface area contributed by atoms with Crippen LogP contribution in [0.1, 0.15) is 32.3 Å². The molecule has 1 unspecified atom stereocenters. The number of nitriles is 1. The van der Waals surface area contributed by atoms with Crippen molar-refractivity contribution >= 4 is 17.3 Å². The molecule has 0 fully saturated rings. The molecule has 2 rings (SSSR count). The first-order valence-electron chi connectivity index (χ1n) is 7.89. The SMILES string of the molecule is CCCCN1C(=O)C(C#N)=NN(c2ccc(C)cc2)C1OCC. The zero-order valence-electron chi connectivity index (χ0n) is 13.8. The number of aryl methyl sites for hydroxylation is 1. The normalized spacial score (nSPS) is 17.9. The summed E-state index contributed by atoms with van der Waals surface area (Å²) in [7, 11) is 0. The Bertz CT molecular complexity index is 618. The summed E-state index contributed by atoms with van der Waals surface area (Å²) in [5.74, 6) is -0.372. The number of benzene rings is 1. The van der Waals surface area contributed by atoms with Gasteiger partial charge in [-0.15, -0.1) is 0 Å². The van der Waals surface area contributed by atoms with Crippen LogP contribution in [0.15, 0.2) is 29.4 Å². The van der Waals surface area contributed by atoms with Crippen LogP contribution in [0.2, 0.25) is 0 Å². The van der Waals surface area contributed by atoms with Crippen molar-refractivity contribution in [1.82, 2.24) is 4.90 Å². The second-order valence-corrected chi connectivity index (χ2v) is 5.37. The summed E-state index contributed by atoms with van der Waals surface area (Å²) in [6.07, 6.45) is 1.17. The van der Waals surface area contributed by atoms with E-state index in [1.54, 1.807) is 9.91 Å². The quantitative estimate of drug-likeness (QED) is 0.809. The van der Waals surface area contributed by atoms with E-state index in [0.29, 0.717) is 13.2 Å². The molecule has 0 aliphatic carbocycles. The fraction of sp³-hybridized carbons (Fsp3) is 0.471. The number of anilines is 1. The highest BCUT2D eigenvalue weighted by atomic mass is 16.5. The number of nitrogens with zero attached hydrogens (tertiary/aromatic N) is 4. The lowest BCUT2D eigenvalue weighted by Gasteiger charge is -2.40. The summed E-state index contributed by atoms with van der Waals surface area (Å²) >= 11 is 0. The van der Waals surface area contributed by atoms with Crippen molar-refractivity contribution in [2.75, 3.05) is 18.2 Å². The molecule has 0 spiro atoms. The van der Waals surface area contributed by atoms with Crippen LogP contribution in [0, 0.1) is 18.3 Å². The van der Waals surface area contributed by atoms with Gasteiger partial charge in [-0.3, -0.25) is 9.69 Å². The Morgan fingerprint density at radius 3 is 2.57 bits per heavy atom. The smallest absolute Gasteiger partial charge is 0.288 e. The van der Waals surface area contributed by atoms with Gasteiger partial charge in [-0.2, -0.15) is 10.4 Å². The maximum Gasteiger partial charge on any atom is 0.288 e. The predicted molar refractivity (Wildman–Crippen MR) is 88.7 cm³/mol. The van der Waals surface area contributed by atoms with Gasteiger partial charge in [0.1, 0.15) is 6.07 Å². The minimum Gasteiger partial charge on any atom is -0.339 e. The summed E-state index contributed by atoms with van der Waals surface area (Å²) in [6, 6.07) is 9.65. The molecule has 1 atom stereocenters. The highest BCUT2D eigenvalue weighted by Gasteiger charge is 2.37. The van der Waals surface area contributed by atoms with Crippen molar-refractivity contribution in [1.29, 1.82) is 5.26 Å². The monoisotopic (exact) mass is 314 g/mol. The van der Waals surface area contributed by atoms with E-state index in [4.69, 9.17) is 4.74 Å². The highest BCUT2D eigenvalue weighted by molar-refractivity contribution is 6.45. The molecule has 1 aromatic carbocycles. The van der Waals surface area contributed by atoms with E-state index in [2.05, 4.69) is 12.0 Å². The third-order valence-corrected chi connectivity index (χ3v) is 3.62. The molecule has 0 aromatic heterocycles. The first-order chi connectivity index (χ1) is 11.1. The van der Waals surface area contributed by atoms with Gasteiger partial charge in [0.15, 0.2) is 0 Å². The van der Waals surface area contributed by atoms with Crippen molar-refractivity contribution in [2.45, 2.75) is 40.0 Å². The molecule has 6 nitrogen and oxygen atoms in total.